The molecule has 0 atom stereocenters. The summed E-state index contributed by atoms with van der Waals surface area (Å²) in [6.07, 6.45) is -6.50. The van der Waals surface area contributed by atoms with Crippen LogP contribution in [-0.2, 0) is 14.9 Å². The number of carbonyl (C=O) groups is 1. The maximum Gasteiger partial charge on any atom is 0.573 e. The highest BCUT2D eigenvalue weighted by atomic mass is 19.4. The Hall–Kier alpha value is -1.86. The number of rotatable bonds is 4. The van der Waals surface area contributed by atoms with Crippen molar-refractivity contribution in [2.24, 2.45) is 0 Å². The number of alkyl halides is 5. The average molecular weight is 324 g/mol. The lowest BCUT2D eigenvalue weighted by molar-refractivity contribution is -0.274. The number of halogens is 5. The van der Waals surface area contributed by atoms with Crippen LogP contribution in [0.5, 0.6) is 5.75 Å². The van der Waals surface area contributed by atoms with Crippen LogP contribution in [0.2, 0.25) is 0 Å². The minimum absolute atomic E-state index is 0.00903. The monoisotopic (exact) mass is 324 g/mol. The van der Waals surface area contributed by atoms with Crippen molar-refractivity contribution in [3.05, 3.63) is 29.8 Å². The van der Waals surface area contributed by atoms with Crippen LogP contribution in [0.15, 0.2) is 24.3 Å². The topological polar surface area (TPSA) is 35.5 Å². The van der Waals surface area contributed by atoms with Gasteiger partial charge >= 0.3 is 12.3 Å². The van der Waals surface area contributed by atoms with Gasteiger partial charge in [0.2, 0.25) is 0 Å². The van der Waals surface area contributed by atoms with E-state index >= 15 is 0 Å². The van der Waals surface area contributed by atoms with Gasteiger partial charge < -0.3 is 9.47 Å². The normalized spacial score (nSPS) is 19.2. The summed E-state index contributed by atoms with van der Waals surface area (Å²) in [5.41, 5.74) is -1.61. The van der Waals surface area contributed by atoms with Crippen molar-refractivity contribution in [2.75, 3.05) is 6.61 Å². The highest BCUT2D eigenvalue weighted by molar-refractivity contribution is 5.85. The van der Waals surface area contributed by atoms with Gasteiger partial charge in [-0.3, -0.25) is 4.79 Å². The van der Waals surface area contributed by atoms with Crippen LogP contribution < -0.4 is 4.74 Å². The molecule has 0 aliphatic heterocycles. The molecule has 0 unspecified atom stereocenters. The van der Waals surface area contributed by atoms with Gasteiger partial charge in [0, 0.05) is 12.8 Å². The molecule has 2 rings (SSSR count). The molecule has 1 aliphatic rings. The first-order valence-corrected chi connectivity index (χ1v) is 6.49. The summed E-state index contributed by atoms with van der Waals surface area (Å²) in [7, 11) is 0. The molecular formula is C14H13F5O3. The summed E-state index contributed by atoms with van der Waals surface area (Å²) in [5.74, 6) is -4.48. The zero-order chi connectivity index (χ0) is 16.6. The zero-order valence-corrected chi connectivity index (χ0v) is 11.5. The number of carbonyl (C=O) groups excluding carboxylic acids is 1. The van der Waals surface area contributed by atoms with Crippen LogP contribution in [-0.4, -0.2) is 24.9 Å². The molecule has 1 aliphatic carbocycles. The molecule has 8 heteroatoms. The smallest absolute Gasteiger partial charge is 0.465 e. The first kappa shape index (κ1) is 16.5. The first-order chi connectivity index (χ1) is 10.1. The third kappa shape index (κ3) is 3.31. The SMILES string of the molecule is CCOC(=O)C1(c2cccc(OC(F)(F)F)c2)CC(F)(F)C1. The van der Waals surface area contributed by atoms with Crippen molar-refractivity contribution in [1.29, 1.82) is 0 Å². The lowest BCUT2D eigenvalue weighted by atomic mass is 9.62. The number of benzene rings is 1. The Morgan fingerprint density at radius 2 is 1.91 bits per heavy atom. The maximum absolute atomic E-state index is 13.3. The van der Waals surface area contributed by atoms with Gasteiger partial charge in [-0.15, -0.1) is 13.2 Å². The van der Waals surface area contributed by atoms with Crippen molar-refractivity contribution in [3.63, 3.8) is 0 Å². The molecule has 0 heterocycles. The fourth-order valence-electron chi connectivity index (χ4n) is 2.56. The second-order valence-electron chi connectivity index (χ2n) is 5.09. The molecule has 0 radical (unpaired) electrons. The Labute approximate surface area is 123 Å². The minimum Gasteiger partial charge on any atom is -0.465 e. The Morgan fingerprint density at radius 3 is 2.41 bits per heavy atom. The molecule has 3 nitrogen and oxygen atoms in total. The Balaban J connectivity index is 2.33. The summed E-state index contributed by atoms with van der Waals surface area (Å²) in [6.45, 7) is 1.51. The number of ether oxygens (including phenoxy) is 2. The molecule has 1 aromatic rings. The van der Waals surface area contributed by atoms with E-state index in [4.69, 9.17) is 4.74 Å². The van der Waals surface area contributed by atoms with E-state index in [1.807, 2.05) is 0 Å². The summed E-state index contributed by atoms with van der Waals surface area (Å²) in [6, 6.07) is 4.51. The van der Waals surface area contributed by atoms with E-state index in [0.717, 1.165) is 12.1 Å². The highest BCUT2D eigenvalue weighted by Crippen LogP contribution is 2.54. The van der Waals surface area contributed by atoms with Gasteiger partial charge in [-0.25, -0.2) is 8.78 Å². The van der Waals surface area contributed by atoms with Crippen LogP contribution in [0.1, 0.15) is 25.3 Å². The summed E-state index contributed by atoms with van der Waals surface area (Å²) in [5, 5.41) is 0. The molecule has 122 valence electrons. The number of hydrogen-bond donors (Lipinski definition) is 0. The molecule has 1 fully saturated rings. The first-order valence-electron chi connectivity index (χ1n) is 6.49. The Kier molecular flexibility index (Phi) is 4.06. The van der Waals surface area contributed by atoms with Crippen molar-refractivity contribution in [1.82, 2.24) is 0 Å². The van der Waals surface area contributed by atoms with Gasteiger partial charge in [0.05, 0.1) is 6.61 Å². The zero-order valence-electron chi connectivity index (χ0n) is 11.5. The molecule has 1 saturated carbocycles. The summed E-state index contributed by atoms with van der Waals surface area (Å²) >= 11 is 0. The molecule has 0 amide bonds. The molecule has 0 spiro atoms. The van der Waals surface area contributed by atoms with Gasteiger partial charge in [0.15, 0.2) is 0 Å². The van der Waals surface area contributed by atoms with E-state index in [2.05, 4.69) is 4.74 Å². The maximum atomic E-state index is 13.3. The number of esters is 1. The quantitative estimate of drug-likeness (QED) is 0.624. The standard InChI is InChI=1S/C14H13F5O3/c1-2-21-11(20)12(7-13(15,16)8-12)9-4-3-5-10(6-9)22-14(17,18)19/h3-6H,2,7-8H2,1H3. The van der Waals surface area contributed by atoms with Crippen LogP contribution in [0, 0.1) is 0 Å². The fourth-order valence-corrected chi connectivity index (χ4v) is 2.56. The fraction of sp³-hybridized carbons (Fsp3) is 0.500. The Morgan fingerprint density at radius 1 is 1.27 bits per heavy atom. The average Bonchev–Trinajstić information content (AvgIpc) is 2.33. The van der Waals surface area contributed by atoms with Gasteiger partial charge in [0.1, 0.15) is 11.2 Å². The van der Waals surface area contributed by atoms with E-state index in [0.29, 0.717) is 0 Å². The summed E-state index contributed by atoms with van der Waals surface area (Å²) in [4.78, 5) is 12.0. The van der Waals surface area contributed by atoms with Gasteiger partial charge in [-0.2, -0.15) is 0 Å². The van der Waals surface area contributed by atoms with Crippen molar-refractivity contribution in [2.45, 2.75) is 37.5 Å². The molecule has 0 bridgehead atoms. The largest absolute Gasteiger partial charge is 0.573 e. The van der Waals surface area contributed by atoms with Gasteiger partial charge in [-0.05, 0) is 24.6 Å². The van der Waals surface area contributed by atoms with E-state index in [1.165, 1.54) is 19.1 Å². The molecule has 1 aromatic carbocycles. The minimum atomic E-state index is -4.90. The van der Waals surface area contributed by atoms with E-state index in [9.17, 15) is 26.7 Å². The molecule has 22 heavy (non-hydrogen) atoms. The van der Waals surface area contributed by atoms with E-state index in [1.54, 1.807) is 0 Å². The van der Waals surface area contributed by atoms with E-state index in [-0.39, 0.29) is 12.2 Å². The van der Waals surface area contributed by atoms with Crippen LogP contribution in [0.3, 0.4) is 0 Å². The second-order valence-corrected chi connectivity index (χ2v) is 5.09. The lowest BCUT2D eigenvalue weighted by Crippen LogP contribution is -2.55. The summed E-state index contributed by atoms with van der Waals surface area (Å²) < 4.78 is 71.8. The molecule has 0 saturated heterocycles. The molecule has 0 aromatic heterocycles. The number of hydrogen-bond acceptors (Lipinski definition) is 3. The van der Waals surface area contributed by atoms with Crippen LogP contribution in [0.4, 0.5) is 22.0 Å². The molecule has 0 N–H and O–H groups in total. The lowest BCUT2D eigenvalue weighted by Gasteiger charge is -2.45. The van der Waals surface area contributed by atoms with Gasteiger partial charge in [-0.1, -0.05) is 12.1 Å². The van der Waals surface area contributed by atoms with Crippen LogP contribution >= 0.6 is 0 Å². The predicted octanol–water partition coefficient (Wildman–Crippen LogP) is 3.82. The van der Waals surface area contributed by atoms with Crippen molar-refractivity contribution < 1.29 is 36.2 Å². The third-order valence-corrected chi connectivity index (χ3v) is 3.41. The third-order valence-electron chi connectivity index (χ3n) is 3.41. The molecular weight excluding hydrogens is 311 g/mol. The highest BCUT2D eigenvalue weighted by Gasteiger charge is 2.62. The van der Waals surface area contributed by atoms with Crippen molar-refractivity contribution >= 4 is 5.97 Å². The van der Waals surface area contributed by atoms with Gasteiger partial charge in [0.25, 0.3) is 5.92 Å². The predicted molar refractivity (Wildman–Crippen MR) is 65.6 cm³/mol. The van der Waals surface area contributed by atoms with Crippen LogP contribution in [0.25, 0.3) is 0 Å². The van der Waals surface area contributed by atoms with E-state index < -0.39 is 42.3 Å². The van der Waals surface area contributed by atoms with Crippen molar-refractivity contribution in [3.8, 4) is 5.75 Å². The Bertz CT molecular complexity index is 560. The second kappa shape index (κ2) is 5.40.